The molecule has 1 atom stereocenters. The van der Waals surface area contributed by atoms with Crippen molar-refractivity contribution in [2.24, 2.45) is 23.7 Å². The van der Waals surface area contributed by atoms with Crippen LogP contribution in [0.3, 0.4) is 0 Å². The molecule has 396 valence electrons. The number of hydrogen-bond acceptors (Lipinski definition) is 7. The summed E-state index contributed by atoms with van der Waals surface area (Å²) < 4.78 is 191. The number of alkyl halides is 6. The fourth-order valence-corrected chi connectivity index (χ4v) is 9.70. The third kappa shape index (κ3) is 14.2. The number of hydrogen-bond donors (Lipinski definition) is 1. The zero-order valence-corrected chi connectivity index (χ0v) is 39.4. The summed E-state index contributed by atoms with van der Waals surface area (Å²) in [5.74, 6) is -10.0. The molecule has 8 nitrogen and oxygen atoms in total. The minimum atomic E-state index is -5.28. The number of aliphatic hydroxyl groups is 1. The molecule has 1 unspecified atom stereocenters. The van der Waals surface area contributed by atoms with Crippen LogP contribution in [0, 0.1) is 58.6 Å². The minimum Gasteiger partial charge on any atom is -0.412 e. The number of halogens is 12. The van der Waals surface area contributed by atoms with E-state index in [0.29, 0.717) is 106 Å². The Bertz CT molecular complexity index is 2430. The minimum absolute atomic E-state index is 0. The second kappa shape index (κ2) is 24.0. The molecule has 1 saturated carbocycles. The molecule has 4 aliphatic rings. The van der Waals surface area contributed by atoms with Gasteiger partial charge in [0.1, 0.15) is 11.6 Å². The van der Waals surface area contributed by atoms with Crippen LogP contribution in [0.2, 0.25) is 0 Å². The van der Waals surface area contributed by atoms with Gasteiger partial charge in [-0.1, -0.05) is 57.0 Å². The summed E-state index contributed by atoms with van der Waals surface area (Å²) in [6, 6.07) is 10.4. The van der Waals surface area contributed by atoms with Crippen molar-refractivity contribution in [3.8, 4) is 33.8 Å². The van der Waals surface area contributed by atoms with Crippen molar-refractivity contribution < 1.29 is 91.7 Å². The highest BCUT2D eigenvalue weighted by Crippen LogP contribution is 2.44. The molecule has 20 heteroatoms. The molecule has 0 radical (unpaired) electrons. The van der Waals surface area contributed by atoms with Crippen molar-refractivity contribution in [3.05, 3.63) is 113 Å². The van der Waals surface area contributed by atoms with Crippen LogP contribution in [0.15, 0.2) is 66.7 Å². The van der Waals surface area contributed by atoms with Gasteiger partial charge in [0.25, 0.3) is 0 Å². The maximum Gasteiger partial charge on any atom is 0.573 e. The van der Waals surface area contributed by atoms with Crippen molar-refractivity contribution in [3.63, 3.8) is 0 Å². The van der Waals surface area contributed by atoms with Gasteiger partial charge in [0, 0.05) is 34.8 Å². The van der Waals surface area contributed by atoms with Gasteiger partial charge in [0.15, 0.2) is 35.8 Å². The van der Waals surface area contributed by atoms with E-state index >= 15 is 0 Å². The second-order valence-electron chi connectivity index (χ2n) is 18.5. The molecule has 0 aromatic heterocycles. The number of ether oxygens (including phenoxy) is 6. The third-order valence-electron chi connectivity index (χ3n) is 13.4. The number of benzene rings is 4. The van der Waals surface area contributed by atoms with Crippen LogP contribution in [0.25, 0.3) is 27.8 Å². The second-order valence-corrected chi connectivity index (χ2v) is 18.5. The first-order chi connectivity index (χ1) is 33.6. The van der Waals surface area contributed by atoms with Crippen LogP contribution in [0.5, 0.6) is 11.5 Å². The Labute approximate surface area is 408 Å². The van der Waals surface area contributed by atoms with Gasteiger partial charge >= 0.3 is 12.7 Å². The Kier molecular flexibility index (Phi) is 18.8. The molecule has 72 heavy (non-hydrogen) atoms. The molecule has 2 saturated heterocycles. The fourth-order valence-electron chi connectivity index (χ4n) is 9.70. The maximum absolute atomic E-state index is 15.0. The van der Waals surface area contributed by atoms with Gasteiger partial charge in [0.05, 0.1) is 32.0 Å². The molecular formula is C52H56F12O8. The lowest BCUT2D eigenvalue weighted by Gasteiger charge is -2.41. The molecule has 2 heterocycles. The van der Waals surface area contributed by atoms with E-state index in [1.807, 2.05) is 6.08 Å². The summed E-state index contributed by atoms with van der Waals surface area (Å²) in [5.41, 5.74) is -0.294. The standard InChI is InChI=1S/C26H28F6O4.C26H26F6O3.H2O/c1-2-3-15-13-34-24(35-14-15)16-6-8-25(33,9-7-16)18-4-5-19(20(27)12-18)17-10-21(28)23(22(29)11-17)36-26(30,31)32;1-2-3-15-13-33-25(34-14-15)17-6-4-16(5-7-17)18-8-9-20(21(27)10-18)19-11-22(28)24(23(29)12-19)35-26(30,31)32;/h4-5,10-12,15-16,24,33H,2-3,6-9,13-14H2,1H3;4,8-12,15,17,25H,2-3,5-7,13-14H2,1H3;1H2. The van der Waals surface area contributed by atoms with Crippen LogP contribution < -0.4 is 9.47 Å². The van der Waals surface area contributed by atoms with E-state index in [2.05, 4.69) is 23.3 Å². The van der Waals surface area contributed by atoms with Crippen LogP contribution in [-0.4, -0.2) is 62.3 Å². The Balaban J connectivity index is 0.000000232. The first-order valence-corrected chi connectivity index (χ1v) is 23.6. The maximum atomic E-state index is 15.0. The van der Waals surface area contributed by atoms with Gasteiger partial charge in [-0.05, 0) is 122 Å². The first kappa shape index (κ1) is 56.4. The predicted octanol–water partition coefficient (Wildman–Crippen LogP) is 13.7. The quantitative estimate of drug-likeness (QED) is 0.141. The molecule has 0 spiro atoms. The van der Waals surface area contributed by atoms with Crippen molar-refractivity contribution in [2.75, 3.05) is 26.4 Å². The Morgan fingerprint density at radius 2 is 0.972 bits per heavy atom. The summed E-state index contributed by atoms with van der Waals surface area (Å²) in [7, 11) is 0. The van der Waals surface area contributed by atoms with Crippen LogP contribution in [0.4, 0.5) is 52.7 Å². The topological polar surface area (TPSA) is 107 Å². The van der Waals surface area contributed by atoms with Crippen molar-refractivity contribution >= 4 is 5.57 Å². The summed E-state index contributed by atoms with van der Waals surface area (Å²) in [5, 5.41) is 11.2. The third-order valence-corrected chi connectivity index (χ3v) is 13.4. The average Bonchev–Trinajstić information content (AvgIpc) is 3.32. The lowest BCUT2D eigenvalue weighted by atomic mass is 9.74. The molecule has 3 fully saturated rings. The van der Waals surface area contributed by atoms with Gasteiger partial charge in [-0.25, -0.2) is 26.3 Å². The smallest absolute Gasteiger partial charge is 0.412 e. The fraction of sp³-hybridized carbons (Fsp3) is 0.500. The lowest BCUT2D eigenvalue weighted by Crippen LogP contribution is -2.41. The van der Waals surface area contributed by atoms with E-state index in [4.69, 9.17) is 18.9 Å². The van der Waals surface area contributed by atoms with Crippen LogP contribution >= 0.6 is 0 Å². The van der Waals surface area contributed by atoms with Crippen LogP contribution in [0.1, 0.15) is 95.6 Å². The summed E-state index contributed by atoms with van der Waals surface area (Å²) in [6.07, 6.45) is -0.642. The zero-order chi connectivity index (χ0) is 51.3. The normalized spacial score (nSPS) is 24.8. The molecular weight excluding hydrogens is 981 g/mol. The van der Waals surface area contributed by atoms with Crippen molar-refractivity contribution in [1.29, 1.82) is 0 Å². The van der Waals surface area contributed by atoms with Gasteiger partial charge in [-0.2, -0.15) is 0 Å². The molecule has 2 aliphatic carbocycles. The Morgan fingerprint density at radius 1 is 0.556 bits per heavy atom. The monoisotopic (exact) mass is 1040 g/mol. The molecule has 3 N–H and O–H groups in total. The van der Waals surface area contributed by atoms with Gasteiger partial charge in [0.2, 0.25) is 11.5 Å². The van der Waals surface area contributed by atoms with E-state index in [9.17, 15) is 57.8 Å². The zero-order valence-electron chi connectivity index (χ0n) is 39.4. The van der Waals surface area contributed by atoms with Gasteiger partial charge in [-0.15, -0.1) is 26.3 Å². The Morgan fingerprint density at radius 3 is 1.36 bits per heavy atom. The summed E-state index contributed by atoms with van der Waals surface area (Å²) in [6.45, 7) is 6.94. The predicted molar refractivity (Wildman–Crippen MR) is 240 cm³/mol. The van der Waals surface area contributed by atoms with Crippen molar-refractivity contribution in [2.45, 2.75) is 115 Å². The van der Waals surface area contributed by atoms with E-state index in [1.165, 1.54) is 24.3 Å². The molecule has 4 aromatic carbocycles. The molecule has 4 aromatic rings. The van der Waals surface area contributed by atoms with Crippen LogP contribution in [-0.2, 0) is 24.5 Å². The molecule has 2 aliphatic heterocycles. The van der Waals surface area contributed by atoms with E-state index in [0.717, 1.165) is 50.2 Å². The summed E-state index contributed by atoms with van der Waals surface area (Å²) >= 11 is 0. The first-order valence-electron chi connectivity index (χ1n) is 23.6. The lowest BCUT2D eigenvalue weighted by molar-refractivity contribution is -0.277. The SMILES string of the molecule is CCCC1COC(C2CC=C(c3ccc(-c4cc(F)c(OC(F)(F)F)c(F)c4)c(F)c3)CC2)OC1.CCCC1COC(C2CCC(O)(c3ccc(-c4cc(F)c(OC(F)(F)F)c(F)c4)c(F)c3)CC2)OC1.O. The average molecular weight is 1040 g/mol. The van der Waals surface area contributed by atoms with E-state index < -0.39 is 64.7 Å². The largest absolute Gasteiger partial charge is 0.573 e. The highest BCUT2D eigenvalue weighted by atomic mass is 19.4. The van der Waals surface area contributed by atoms with Crippen molar-refractivity contribution in [1.82, 2.24) is 0 Å². The molecule has 0 bridgehead atoms. The Hall–Kier alpha value is -4.86. The number of allylic oxidation sites excluding steroid dienone is 2. The highest BCUT2D eigenvalue weighted by molar-refractivity contribution is 5.72. The van der Waals surface area contributed by atoms with Gasteiger partial charge in [-0.3, -0.25) is 0 Å². The van der Waals surface area contributed by atoms with E-state index in [-0.39, 0.29) is 52.1 Å². The molecule has 0 amide bonds. The summed E-state index contributed by atoms with van der Waals surface area (Å²) in [4.78, 5) is 0. The van der Waals surface area contributed by atoms with E-state index in [1.54, 1.807) is 6.07 Å². The highest BCUT2D eigenvalue weighted by Gasteiger charge is 2.41. The molecule has 8 rings (SSSR count). The van der Waals surface area contributed by atoms with Gasteiger partial charge < -0.3 is 39.0 Å². The number of rotatable bonds is 12.